The molecule has 1 aliphatic rings. The molecular weight excluding hydrogens is 714 g/mol. The lowest BCUT2D eigenvalue weighted by Crippen LogP contribution is -2.66. The van der Waals surface area contributed by atoms with Crippen molar-refractivity contribution < 1.29 is 52.9 Å². The van der Waals surface area contributed by atoms with Crippen molar-refractivity contribution in [2.75, 3.05) is 25.0 Å². The number of likely N-dealkylation sites (tertiary alicyclic amines) is 1. The first-order chi connectivity index (χ1) is 24.4. The number of amides is 3. The van der Waals surface area contributed by atoms with Crippen LogP contribution >= 0.6 is 11.3 Å². The van der Waals surface area contributed by atoms with E-state index in [1.165, 1.54) is 10.3 Å². The van der Waals surface area contributed by atoms with Crippen molar-refractivity contribution in [2.45, 2.75) is 91.8 Å². The second-order valence-corrected chi connectivity index (χ2v) is 16.2. The second kappa shape index (κ2) is 15.3. The van der Waals surface area contributed by atoms with Crippen molar-refractivity contribution >= 4 is 63.1 Å². The van der Waals surface area contributed by atoms with Crippen molar-refractivity contribution in [2.24, 2.45) is 16.3 Å². The lowest BCUT2D eigenvalue weighted by atomic mass is 9.79. The summed E-state index contributed by atoms with van der Waals surface area (Å²) in [6, 6.07) is 4.92. The number of anilines is 1. The zero-order chi connectivity index (χ0) is 39.5. The van der Waals surface area contributed by atoms with E-state index in [1.807, 2.05) is 0 Å². The summed E-state index contributed by atoms with van der Waals surface area (Å²) in [5.74, 6) is -2.65. The fraction of sp³-hybridized carbons (Fsp3) is 0.529. The minimum atomic E-state index is -1.51. The lowest BCUT2D eigenvalue weighted by molar-refractivity contribution is -0.170. The summed E-state index contributed by atoms with van der Waals surface area (Å²) in [5, 5.41) is 22.5. The van der Waals surface area contributed by atoms with Gasteiger partial charge in [0.25, 0.3) is 6.10 Å². The number of hydrogen-bond acceptors (Lipinski definition) is 14. The highest BCUT2D eigenvalue weighted by atomic mass is 32.1. The van der Waals surface area contributed by atoms with Crippen LogP contribution in [0.25, 0.3) is 10.9 Å². The van der Waals surface area contributed by atoms with E-state index < -0.39 is 70.7 Å². The van der Waals surface area contributed by atoms with Crippen LogP contribution in [-0.4, -0.2) is 103 Å². The Bertz CT molecular complexity index is 1890. The summed E-state index contributed by atoms with van der Waals surface area (Å²) in [6.45, 7) is 15.1. The molecule has 4 rings (SSSR count). The third-order valence-corrected chi connectivity index (χ3v) is 7.81. The number of primary amides is 1. The largest absolute Gasteiger partial charge is 0.489 e. The number of rotatable bonds is 12. The van der Waals surface area contributed by atoms with Gasteiger partial charge in [0.2, 0.25) is 11.6 Å². The average molecular weight is 760 g/mol. The Morgan fingerprint density at radius 3 is 2.23 bits per heavy atom. The maximum absolute atomic E-state index is 13.1. The molecule has 19 heteroatoms. The van der Waals surface area contributed by atoms with E-state index in [0.29, 0.717) is 16.7 Å². The van der Waals surface area contributed by atoms with E-state index in [2.05, 4.69) is 20.6 Å². The highest BCUT2D eigenvalue weighted by Gasteiger charge is 2.51. The minimum absolute atomic E-state index is 0.0502. The number of nitrogens with one attached hydrogen (secondary N) is 1. The van der Waals surface area contributed by atoms with Crippen LogP contribution in [0.1, 0.15) is 68.0 Å². The Morgan fingerprint density at radius 2 is 1.64 bits per heavy atom. The third-order valence-electron chi connectivity index (χ3n) is 7.05. The summed E-state index contributed by atoms with van der Waals surface area (Å²) in [7, 11) is 0. The van der Waals surface area contributed by atoms with Gasteiger partial charge in [-0.3, -0.25) is 14.8 Å². The van der Waals surface area contributed by atoms with E-state index in [-0.39, 0.29) is 30.5 Å². The topological polar surface area (TPSA) is 236 Å². The summed E-state index contributed by atoms with van der Waals surface area (Å²) in [4.78, 5) is 73.2. The monoisotopic (exact) mass is 759 g/mol. The number of esters is 1. The molecule has 0 bridgehead atoms. The smallest absolute Gasteiger partial charge is 0.413 e. The number of carboxylic acid groups (broad SMARTS) is 1. The Labute approximate surface area is 309 Å². The van der Waals surface area contributed by atoms with Crippen LogP contribution < -0.4 is 15.8 Å². The van der Waals surface area contributed by atoms with E-state index in [0.717, 1.165) is 11.3 Å². The number of carbonyl (C=O) groups excluding carboxylic acids is 4. The van der Waals surface area contributed by atoms with E-state index in [4.69, 9.17) is 29.5 Å². The quantitative estimate of drug-likeness (QED) is 0.102. The molecule has 0 spiro atoms. The molecule has 3 heterocycles. The first kappa shape index (κ1) is 40.3. The molecule has 0 aliphatic carbocycles. The van der Waals surface area contributed by atoms with E-state index in [1.54, 1.807) is 91.4 Å². The zero-order valence-corrected chi connectivity index (χ0v) is 31.9. The predicted molar refractivity (Wildman–Crippen MR) is 192 cm³/mol. The number of aromatic nitrogens is 3. The maximum Gasteiger partial charge on any atom is 0.413 e. The molecule has 288 valence electrons. The number of oxime groups is 1. The Hall–Kier alpha value is -5.46. The molecule has 1 unspecified atom stereocenters. The molecule has 53 heavy (non-hydrogen) atoms. The van der Waals surface area contributed by atoms with Crippen LogP contribution in [0.2, 0.25) is 0 Å². The number of benzene rings is 1. The minimum Gasteiger partial charge on any atom is -0.489 e. The number of nitrogens with zero attached hydrogens (tertiary/aromatic N) is 5. The summed E-state index contributed by atoms with van der Waals surface area (Å²) < 4.78 is 23.5. The maximum atomic E-state index is 13.1. The molecular formula is C34H45N7O11S. The van der Waals surface area contributed by atoms with Crippen molar-refractivity contribution in [3.8, 4) is 5.75 Å². The Balaban J connectivity index is 1.47. The van der Waals surface area contributed by atoms with Gasteiger partial charge in [-0.1, -0.05) is 5.16 Å². The molecule has 3 amide bonds. The molecule has 1 atom stereocenters. The molecule has 3 aromatic rings. The number of hydrogen-bond donors (Lipinski definition) is 3. The highest BCUT2D eigenvalue weighted by molar-refractivity contribution is 7.14. The fourth-order valence-electron chi connectivity index (χ4n) is 4.83. The van der Waals surface area contributed by atoms with Crippen LogP contribution in [0, 0.1) is 5.41 Å². The molecule has 18 nitrogen and oxygen atoms in total. The van der Waals surface area contributed by atoms with E-state index >= 15 is 0 Å². The molecule has 0 saturated carbocycles. The summed E-state index contributed by atoms with van der Waals surface area (Å²) >= 11 is 0.930. The number of aliphatic carboxylic acids is 1. The first-order valence-electron chi connectivity index (χ1n) is 16.5. The second-order valence-electron chi connectivity index (χ2n) is 15.4. The number of fused-ring (bicyclic) bond motifs is 1. The Morgan fingerprint density at radius 1 is 1.00 bits per heavy atom. The van der Waals surface area contributed by atoms with Gasteiger partial charge in [-0.2, -0.15) is 5.10 Å². The van der Waals surface area contributed by atoms with Gasteiger partial charge in [0.1, 0.15) is 40.3 Å². The van der Waals surface area contributed by atoms with Crippen LogP contribution in [0.15, 0.2) is 34.9 Å². The number of nitrogens with two attached hydrogens (primary N) is 1. The molecule has 1 aliphatic heterocycles. The van der Waals surface area contributed by atoms with Gasteiger partial charge in [-0.05, 0) is 80.5 Å². The van der Waals surface area contributed by atoms with Gasteiger partial charge >= 0.3 is 24.1 Å². The number of ether oxygens (including phenoxy) is 4. The standard InChI is InChI=1S/C34H45N7O11S/c1-31(2,3)49-26(44)23(52-39-24(25(42)43)22-15-53-28(36-22)37-29(46)50-32(4,5)6)14-48-20-10-11-21-19(12-20)13-41(38-21)18-34(27(35)45)16-40(17-34)30(47)51-33(7,8)9/h10-13,15,23H,14,16-18H2,1-9H3,(H2,35,45)(H,42,43)(H,36,37,46)/b39-24-. The van der Waals surface area contributed by atoms with Crippen molar-refractivity contribution in [3.05, 3.63) is 35.5 Å². The van der Waals surface area contributed by atoms with Gasteiger partial charge in [0.15, 0.2) is 5.13 Å². The van der Waals surface area contributed by atoms with Crippen molar-refractivity contribution in [3.63, 3.8) is 0 Å². The predicted octanol–water partition coefficient (Wildman–Crippen LogP) is 4.16. The van der Waals surface area contributed by atoms with Gasteiger partial charge < -0.3 is 39.5 Å². The van der Waals surface area contributed by atoms with Crippen molar-refractivity contribution in [1.82, 2.24) is 19.7 Å². The van der Waals surface area contributed by atoms with Gasteiger partial charge in [-0.25, -0.2) is 24.2 Å². The molecule has 1 saturated heterocycles. The number of carbonyl (C=O) groups is 5. The van der Waals surface area contributed by atoms with Crippen molar-refractivity contribution in [1.29, 1.82) is 0 Å². The van der Waals surface area contributed by atoms with Crippen LogP contribution in [0.5, 0.6) is 5.75 Å². The molecule has 1 fully saturated rings. The summed E-state index contributed by atoms with van der Waals surface area (Å²) in [6.07, 6.45) is -1.14. The van der Waals surface area contributed by atoms with Gasteiger partial charge in [-0.15, -0.1) is 11.3 Å². The average Bonchev–Trinajstić information content (AvgIpc) is 3.59. The van der Waals surface area contributed by atoms with Gasteiger partial charge in [0, 0.05) is 30.1 Å². The summed E-state index contributed by atoms with van der Waals surface area (Å²) in [5.41, 5.74) is 2.12. The fourth-order valence-corrected chi connectivity index (χ4v) is 5.51. The van der Waals surface area contributed by atoms with Crippen LogP contribution in [-0.2, 0) is 40.0 Å². The first-order valence-corrected chi connectivity index (χ1v) is 17.3. The molecule has 1 aromatic carbocycles. The number of thiazole rings is 1. The third kappa shape index (κ3) is 11.3. The molecule has 2 aromatic heterocycles. The molecule has 4 N–H and O–H groups in total. The SMILES string of the molecule is CC(C)(C)OC(=O)Nc1nc(/C(=N/OC(COc2ccc3nn(CC4(C(N)=O)CN(C(=O)OC(C)(C)C)C4)cc3c2)C(=O)OC(C)(C)C)C(=O)O)cs1. The molecule has 0 radical (unpaired) electrons. The zero-order valence-electron chi connectivity index (χ0n) is 31.0. The normalized spacial score (nSPS) is 15.2. The van der Waals surface area contributed by atoms with E-state index in [9.17, 15) is 29.1 Å². The van der Waals surface area contributed by atoms with Gasteiger partial charge in [0.05, 0.1) is 12.1 Å². The number of carboxylic acids is 1. The lowest BCUT2D eigenvalue weighted by Gasteiger charge is -2.47. The highest BCUT2D eigenvalue weighted by Crippen LogP contribution is 2.34. The van der Waals surface area contributed by atoms with Crippen LogP contribution in [0.3, 0.4) is 0 Å². The Kier molecular flexibility index (Phi) is 11.6. The van der Waals surface area contributed by atoms with Crippen LogP contribution in [0.4, 0.5) is 14.7 Å².